The minimum Gasteiger partial charge on any atom is -0.507 e. The number of aromatic nitrogens is 2. The normalized spacial score (nSPS) is 11.9. The van der Waals surface area contributed by atoms with Crippen molar-refractivity contribution in [3.05, 3.63) is 89.2 Å². The smallest absolute Gasteiger partial charge is 0.264 e. The van der Waals surface area contributed by atoms with Crippen LogP contribution < -0.4 is 5.56 Å². The summed E-state index contributed by atoms with van der Waals surface area (Å²) in [4.78, 5) is 18.1. The zero-order chi connectivity index (χ0) is 18.8. The van der Waals surface area contributed by atoms with E-state index in [4.69, 9.17) is 4.98 Å². The second kappa shape index (κ2) is 5.30. The third-order valence-corrected chi connectivity index (χ3v) is 5.44. The number of aromatic hydroxyl groups is 1. The Labute approximate surface area is 159 Å². The number of fused-ring (bicyclic) bond motifs is 4. The van der Waals surface area contributed by atoms with Crippen LogP contribution in [0.25, 0.3) is 49.4 Å². The van der Waals surface area contributed by atoms with E-state index in [1.54, 1.807) is 10.5 Å². The largest absolute Gasteiger partial charge is 0.507 e. The van der Waals surface area contributed by atoms with Gasteiger partial charge in [-0.2, -0.15) is 0 Å². The molecule has 0 radical (unpaired) electrons. The van der Waals surface area contributed by atoms with Crippen molar-refractivity contribution < 1.29 is 5.11 Å². The predicted octanol–water partition coefficient (Wildman–Crippen LogP) is 4.96. The summed E-state index contributed by atoms with van der Waals surface area (Å²) in [6.45, 7) is 0. The third kappa shape index (κ3) is 1.89. The maximum absolute atomic E-state index is 13.4. The van der Waals surface area contributed by atoms with Gasteiger partial charge in [0.25, 0.3) is 5.56 Å². The molecule has 4 nitrogen and oxygen atoms in total. The van der Waals surface area contributed by atoms with Crippen LogP contribution in [-0.2, 0) is 0 Å². The average Bonchev–Trinajstić information content (AvgIpc) is 3.10. The molecule has 0 atom stereocenters. The molecule has 0 aliphatic carbocycles. The lowest BCUT2D eigenvalue weighted by Gasteiger charge is -2.07. The van der Waals surface area contributed by atoms with Crippen molar-refractivity contribution in [3.63, 3.8) is 0 Å². The summed E-state index contributed by atoms with van der Waals surface area (Å²) in [6.07, 6.45) is 0. The molecule has 0 unspecified atom stereocenters. The Bertz CT molecular complexity index is 1580. The molecule has 2 heterocycles. The number of hydrogen-bond acceptors (Lipinski definition) is 3. The first kappa shape index (κ1) is 15.2. The van der Waals surface area contributed by atoms with Crippen molar-refractivity contribution in [1.29, 1.82) is 0 Å². The maximum Gasteiger partial charge on any atom is 0.264 e. The Morgan fingerprint density at radius 2 is 1.57 bits per heavy atom. The molecule has 4 heteroatoms. The van der Waals surface area contributed by atoms with E-state index in [0.29, 0.717) is 27.6 Å². The van der Waals surface area contributed by atoms with E-state index in [0.717, 1.165) is 21.7 Å². The second-order valence-electron chi connectivity index (χ2n) is 7.01. The minimum absolute atomic E-state index is 0.0912. The number of rotatable bonds is 1. The van der Waals surface area contributed by atoms with Crippen LogP contribution in [0.15, 0.2) is 83.7 Å². The van der Waals surface area contributed by atoms with Crippen LogP contribution in [-0.4, -0.2) is 14.5 Å². The molecular weight excluding hydrogens is 348 g/mol. The molecule has 6 rings (SSSR count). The van der Waals surface area contributed by atoms with Crippen molar-refractivity contribution in [1.82, 2.24) is 9.38 Å². The van der Waals surface area contributed by atoms with E-state index in [2.05, 4.69) is 0 Å². The summed E-state index contributed by atoms with van der Waals surface area (Å²) in [6, 6.07) is 24.9. The van der Waals surface area contributed by atoms with Crippen molar-refractivity contribution in [2.45, 2.75) is 0 Å². The number of imidazole rings is 1. The Balaban J connectivity index is 1.84. The Morgan fingerprint density at radius 1 is 0.821 bits per heavy atom. The van der Waals surface area contributed by atoms with Crippen molar-refractivity contribution in [3.8, 4) is 16.9 Å². The average molecular weight is 362 g/mol. The molecule has 6 aromatic rings. The van der Waals surface area contributed by atoms with Gasteiger partial charge < -0.3 is 5.11 Å². The van der Waals surface area contributed by atoms with Gasteiger partial charge in [0.1, 0.15) is 11.4 Å². The van der Waals surface area contributed by atoms with Crippen molar-refractivity contribution in [2.24, 2.45) is 0 Å². The fourth-order valence-electron chi connectivity index (χ4n) is 4.17. The SMILES string of the molecule is O=c1c2cccc3cccc(c32)c2nc3cc(O)c(-c4ccccc4)cc3n12. The molecule has 0 aliphatic heterocycles. The van der Waals surface area contributed by atoms with Crippen molar-refractivity contribution >= 4 is 38.2 Å². The lowest BCUT2D eigenvalue weighted by molar-refractivity contribution is 0.478. The van der Waals surface area contributed by atoms with Gasteiger partial charge in [0.05, 0.1) is 11.0 Å². The van der Waals surface area contributed by atoms with Gasteiger partial charge in [-0.1, -0.05) is 60.7 Å². The van der Waals surface area contributed by atoms with Gasteiger partial charge >= 0.3 is 0 Å². The van der Waals surface area contributed by atoms with Gasteiger partial charge in [-0.25, -0.2) is 4.98 Å². The van der Waals surface area contributed by atoms with Gasteiger partial charge in [0.2, 0.25) is 0 Å². The summed E-state index contributed by atoms with van der Waals surface area (Å²) in [5.74, 6) is 0.150. The number of benzene rings is 4. The number of nitrogens with zero attached hydrogens (tertiary/aromatic N) is 2. The first-order chi connectivity index (χ1) is 13.7. The molecule has 0 fully saturated rings. The van der Waals surface area contributed by atoms with Crippen molar-refractivity contribution in [2.75, 3.05) is 0 Å². The molecule has 1 N–H and O–H groups in total. The van der Waals surface area contributed by atoms with Crippen LogP contribution in [0.2, 0.25) is 0 Å². The van der Waals surface area contributed by atoms with Crippen LogP contribution in [0.1, 0.15) is 0 Å². The highest BCUT2D eigenvalue weighted by Gasteiger charge is 2.17. The van der Waals surface area contributed by atoms with Crippen LogP contribution in [0.5, 0.6) is 5.75 Å². The summed E-state index contributed by atoms with van der Waals surface area (Å²) in [5, 5.41) is 14.1. The monoisotopic (exact) mass is 362 g/mol. The summed E-state index contributed by atoms with van der Waals surface area (Å²) < 4.78 is 1.66. The van der Waals surface area contributed by atoms with E-state index in [1.807, 2.05) is 72.8 Å². The van der Waals surface area contributed by atoms with Gasteiger partial charge in [0, 0.05) is 27.8 Å². The second-order valence-corrected chi connectivity index (χ2v) is 7.01. The first-order valence-electron chi connectivity index (χ1n) is 9.10. The highest BCUT2D eigenvalue weighted by molar-refractivity contribution is 6.15. The van der Waals surface area contributed by atoms with E-state index < -0.39 is 0 Å². The topological polar surface area (TPSA) is 54.6 Å². The number of phenols is 1. The molecule has 0 spiro atoms. The molecule has 0 amide bonds. The number of hydrogen-bond donors (Lipinski definition) is 1. The summed E-state index contributed by atoms with van der Waals surface area (Å²) >= 11 is 0. The minimum atomic E-state index is -0.0912. The number of phenolic OH excluding ortho intramolecular Hbond substituents is 1. The van der Waals surface area contributed by atoms with E-state index in [1.165, 1.54) is 0 Å². The van der Waals surface area contributed by atoms with Crippen LogP contribution in [0.4, 0.5) is 0 Å². The van der Waals surface area contributed by atoms with Crippen LogP contribution >= 0.6 is 0 Å². The molecule has 28 heavy (non-hydrogen) atoms. The molecular formula is C24H14N2O2. The van der Waals surface area contributed by atoms with E-state index in [9.17, 15) is 9.90 Å². The molecule has 0 saturated carbocycles. The first-order valence-corrected chi connectivity index (χ1v) is 9.10. The van der Waals surface area contributed by atoms with Gasteiger partial charge in [-0.15, -0.1) is 0 Å². The molecule has 4 aromatic carbocycles. The van der Waals surface area contributed by atoms with Crippen LogP contribution in [0, 0.1) is 0 Å². The Hall–Kier alpha value is -3.92. The molecule has 132 valence electrons. The molecule has 0 bridgehead atoms. The quantitative estimate of drug-likeness (QED) is 0.450. The lowest BCUT2D eigenvalue weighted by atomic mass is 10.0. The van der Waals surface area contributed by atoms with E-state index >= 15 is 0 Å². The molecule has 0 saturated heterocycles. The van der Waals surface area contributed by atoms with Gasteiger partial charge in [-0.3, -0.25) is 9.20 Å². The maximum atomic E-state index is 13.4. The summed E-state index contributed by atoms with van der Waals surface area (Å²) in [7, 11) is 0. The predicted molar refractivity (Wildman–Crippen MR) is 112 cm³/mol. The van der Waals surface area contributed by atoms with Crippen LogP contribution in [0.3, 0.4) is 0 Å². The van der Waals surface area contributed by atoms with E-state index in [-0.39, 0.29) is 11.3 Å². The fourth-order valence-corrected chi connectivity index (χ4v) is 4.17. The highest BCUT2D eigenvalue weighted by Crippen LogP contribution is 2.35. The zero-order valence-electron chi connectivity index (χ0n) is 14.8. The lowest BCUT2D eigenvalue weighted by Crippen LogP contribution is -2.13. The Kier molecular flexibility index (Phi) is 2.87. The highest BCUT2D eigenvalue weighted by atomic mass is 16.3. The summed E-state index contributed by atoms with van der Waals surface area (Å²) in [5.41, 5.74) is 3.40. The zero-order valence-corrected chi connectivity index (χ0v) is 14.8. The third-order valence-electron chi connectivity index (χ3n) is 5.44. The number of pyridine rings is 1. The fraction of sp³-hybridized carbons (Fsp3) is 0. The molecule has 0 aliphatic rings. The Morgan fingerprint density at radius 3 is 2.36 bits per heavy atom. The van der Waals surface area contributed by atoms with Gasteiger partial charge in [-0.05, 0) is 23.1 Å². The standard InChI is InChI=1S/C24H14N2O2/c27-21-13-19-20(12-18(21)14-6-2-1-3-7-14)26-23(25-19)16-10-4-8-15-9-5-11-17(22(15)16)24(26)28/h1-13,27H. The van der Waals surface area contributed by atoms with Gasteiger partial charge in [0.15, 0.2) is 0 Å². The molecule has 2 aromatic heterocycles.